The Morgan fingerprint density at radius 2 is 1.72 bits per heavy atom. The molecular formula is C20H21N3O2. The molecule has 5 nitrogen and oxygen atoms in total. The van der Waals surface area contributed by atoms with Crippen LogP contribution in [0.4, 0.5) is 17.1 Å². The van der Waals surface area contributed by atoms with E-state index in [0.29, 0.717) is 12.1 Å². The van der Waals surface area contributed by atoms with Crippen LogP contribution in [0.1, 0.15) is 13.3 Å². The molecule has 1 atom stereocenters. The van der Waals surface area contributed by atoms with Crippen LogP contribution in [0.5, 0.6) is 0 Å². The summed E-state index contributed by atoms with van der Waals surface area (Å²) in [5.74, 6) is -0.316. The third kappa shape index (κ3) is 4.53. The van der Waals surface area contributed by atoms with Crippen molar-refractivity contribution in [3.63, 3.8) is 0 Å². The van der Waals surface area contributed by atoms with Gasteiger partial charge in [-0.25, -0.2) is 4.79 Å². The van der Waals surface area contributed by atoms with Crippen molar-refractivity contribution < 1.29 is 9.53 Å². The molecule has 2 aromatic carbocycles. The van der Waals surface area contributed by atoms with E-state index in [1.54, 1.807) is 6.92 Å². The highest BCUT2D eigenvalue weighted by atomic mass is 16.5. The molecule has 0 amide bonds. The lowest BCUT2D eigenvalue weighted by Crippen LogP contribution is -2.24. The van der Waals surface area contributed by atoms with Crippen LogP contribution in [-0.2, 0) is 9.53 Å². The van der Waals surface area contributed by atoms with Crippen molar-refractivity contribution in [2.24, 2.45) is 10.2 Å². The Labute approximate surface area is 147 Å². The maximum Gasteiger partial charge on any atom is 0.333 e. The second-order valence-corrected chi connectivity index (χ2v) is 6.09. The molecule has 0 aliphatic carbocycles. The minimum absolute atomic E-state index is 0.0818. The molecule has 0 unspecified atom stereocenters. The molecule has 1 aliphatic heterocycles. The molecule has 0 spiro atoms. The van der Waals surface area contributed by atoms with Gasteiger partial charge in [-0.1, -0.05) is 24.8 Å². The fraction of sp³-hybridized carbons (Fsp3) is 0.250. The quantitative estimate of drug-likeness (QED) is 0.448. The fourth-order valence-corrected chi connectivity index (χ4v) is 2.65. The summed E-state index contributed by atoms with van der Waals surface area (Å²) in [4.78, 5) is 13.8. The predicted molar refractivity (Wildman–Crippen MR) is 98.6 cm³/mol. The molecule has 0 N–H and O–H groups in total. The maximum atomic E-state index is 11.6. The lowest BCUT2D eigenvalue weighted by molar-refractivity contribution is -0.143. The first-order valence-corrected chi connectivity index (χ1v) is 8.30. The van der Waals surface area contributed by atoms with Crippen molar-refractivity contribution in [1.29, 1.82) is 0 Å². The van der Waals surface area contributed by atoms with Gasteiger partial charge in [0.25, 0.3) is 0 Å². The summed E-state index contributed by atoms with van der Waals surface area (Å²) in [6.45, 7) is 6.84. The Kier molecular flexibility index (Phi) is 5.23. The van der Waals surface area contributed by atoms with E-state index in [1.807, 2.05) is 54.6 Å². The van der Waals surface area contributed by atoms with Gasteiger partial charge in [-0.15, -0.1) is 0 Å². The Morgan fingerprint density at radius 1 is 1.08 bits per heavy atom. The highest BCUT2D eigenvalue weighted by molar-refractivity contribution is 5.87. The van der Waals surface area contributed by atoms with Gasteiger partial charge in [0, 0.05) is 24.2 Å². The normalized spacial score (nSPS) is 17.0. The van der Waals surface area contributed by atoms with Gasteiger partial charge >= 0.3 is 5.97 Å². The van der Waals surface area contributed by atoms with E-state index in [4.69, 9.17) is 4.74 Å². The minimum atomic E-state index is -0.316. The number of rotatable bonds is 5. The predicted octanol–water partition coefficient (Wildman–Crippen LogP) is 4.80. The number of carbonyl (C=O) groups excluding carboxylic acids is 1. The fourth-order valence-electron chi connectivity index (χ4n) is 2.65. The molecule has 5 heteroatoms. The number of anilines is 1. The lowest BCUT2D eigenvalue weighted by atomic mass is 10.2. The van der Waals surface area contributed by atoms with Crippen LogP contribution >= 0.6 is 0 Å². The molecule has 0 bridgehead atoms. The molecule has 1 aliphatic rings. The molecule has 1 heterocycles. The van der Waals surface area contributed by atoms with Gasteiger partial charge in [-0.05, 0) is 43.3 Å². The van der Waals surface area contributed by atoms with E-state index in [9.17, 15) is 4.79 Å². The number of benzene rings is 2. The smallest absolute Gasteiger partial charge is 0.333 e. The third-order valence-electron chi connectivity index (χ3n) is 4.02. The highest BCUT2D eigenvalue weighted by Gasteiger charge is 2.25. The van der Waals surface area contributed by atoms with E-state index < -0.39 is 0 Å². The summed E-state index contributed by atoms with van der Waals surface area (Å²) in [5, 5.41) is 8.46. The van der Waals surface area contributed by atoms with Crippen LogP contribution in [0.3, 0.4) is 0 Å². The monoisotopic (exact) mass is 335 g/mol. The lowest BCUT2D eigenvalue weighted by Gasteiger charge is -2.18. The first-order valence-electron chi connectivity index (χ1n) is 8.30. The number of hydrogen-bond acceptors (Lipinski definition) is 5. The molecule has 1 saturated heterocycles. The number of nitrogens with zero attached hydrogens (tertiary/aromatic N) is 3. The second kappa shape index (κ2) is 7.75. The highest BCUT2D eigenvalue weighted by Crippen LogP contribution is 2.25. The van der Waals surface area contributed by atoms with Crippen molar-refractivity contribution in [3.8, 4) is 0 Å². The van der Waals surface area contributed by atoms with Crippen LogP contribution in [-0.4, -0.2) is 25.2 Å². The van der Waals surface area contributed by atoms with Crippen LogP contribution in [0.25, 0.3) is 0 Å². The molecule has 25 heavy (non-hydrogen) atoms. The maximum absolute atomic E-state index is 11.6. The van der Waals surface area contributed by atoms with Gasteiger partial charge in [0.2, 0.25) is 0 Å². The minimum Gasteiger partial charge on any atom is -0.457 e. The average molecular weight is 335 g/mol. The topological polar surface area (TPSA) is 54.3 Å². The van der Waals surface area contributed by atoms with E-state index in [-0.39, 0.29) is 12.1 Å². The van der Waals surface area contributed by atoms with Gasteiger partial charge in [-0.2, -0.15) is 10.2 Å². The van der Waals surface area contributed by atoms with Gasteiger partial charge < -0.3 is 9.64 Å². The van der Waals surface area contributed by atoms with Crippen LogP contribution in [0.2, 0.25) is 0 Å². The number of azo groups is 1. The molecule has 0 radical (unpaired) electrons. The average Bonchev–Trinajstić information content (AvgIpc) is 3.09. The van der Waals surface area contributed by atoms with E-state index in [2.05, 4.69) is 21.7 Å². The summed E-state index contributed by atoms with van der Waals surface area (Å²) >= 11 is 0. The first kappa shape index (κ1) is 16.9. The first-order chi connectivity index (χ1) is 12.1. The SMILES string of the molecule is C=C(C)C(=O)O[C@H]1CCN(c2ccc(N=Nc3ccccc3)cc2)C1. The third-order valence-corrected chi connectivity index (χ3v) is 4.02. The summed E-state index contributed by atoms with van der Waals surface area (Å²) in [6.07, 6.45) is 0.746. The van der Waals surface area contributed by atoms with Gasteiger partial charge in [-0.3, -0.25) is 0 Å². The van der Waals surface area contributed by atoms with Crippen molar-refractivity contribution in [2.75, 3.05) is 18.0 Å². The standard InChI is InChI=1S/C20H21N3O2/c1-15(2)20(24)25-19-12-13-23(14-19)18-10-8-17(9-11-18)22-21-16-6-4-3-5-7-16/h3-11,19H,1,12-14H2,2H3/t19-/m0/s1. The molecule has 2 aromatic rings. The number of esters is 1. The van der Waals surface area contributed by atoms with Gasteiger partial charge in [0.15, 0.2) is 0 Å². The van der Waals surface area contributed by atoms with E-state index >= 15 is 0 Å². The number of carbonyl (C=O) groups is 1. The summed E-state index contributed by atoms with van der Waals surface area (Å²) < 4.78 is 5.42. The molecule has 0 saturated carbocycles. The second-order valence-electron chi connectivity index (χ2n) is 6.09. The van der Waals surface area contributed by atoms with Crippen molar-refractivity contribution >= 4 is 23.0 Å². The molecular weight excluding hydrogens is 314 g/mol. The summed E-state index contributed by atoms with van der Waals surface area (Å²) in [5.41, 5.74) is 3.16. The zero-order valence-electron chi connectivity index (χ0n) is 14.3. The zero-order valence-corrected chi connectivity index (χ0v) is 14.3. The Balaban J connectivity index is 1.59. The Bertz CT molecular complexity index is 769. The molecule has 3 rings (SSSR count). The molecule has 128 valence electrons. The van der Waals surface area contributed by atoms with E-state index in [1.165, 1.54) is 0 Å². The zero-order chi connectivity index (χ0) is 17.6. The van der Waals surface area contributed by atoms with Crippen LogP contribution in [0, 0.1) is 0 Å². The van der Waals surface area contributed by atoms with Gasteiger partial charge in [0.05, 0.1) is 17.9 Å². The van der Waals surface area contributed by atoms with Crippen molar-refractivity contribution in [2.45, 2.75) is 19.4 Å². The largest absolute Gasteiger partial charge is 0.457 e. The Morgan fingerprint density at radius 3 is 2.36 bits per heavy atom. The number of ether oxygens (including phenoxy) is 1. The van der Waals surface area contributed by atoms with Crippen LogP contribution in [0.15, 0.2) is 77.0 Å². The summed E-state index contributed by atoms with van der Waals surface area (Å²) in [7, 11) is 0. The summed E-state index contributed by atoms with van der Waals surface area (Å²) in [6, 6.07) is 17.5. The van der Waals surface area contributed by atoms with Crippen LogP contribution < -0.4 is 4.90 Å². The van der Waals surface area contributed by atoms with Crippen molar-refractivity contribution in [3.05, 3.63) is 66.7 Å². The van der Waals surface area contributed by atoms with Gasteiger partial charge in [0.1, 0.15) is 6.10 Å². The van der Waals surface area contributed by atoms with Crippen molar-refractivity contribution in [1.82, 2.24) is 0 Å². The van der Waals surface area contributed by atoms with E-state index in [0.717, 1.165) is 30.0 Å². The Hall–Kier alpha value is -2.95. The number of hydrogen-bond donors (Lipinski definition) is 0. The molecule has 0 aromatic heterocycles. The molecule has 1 fully saturated rings.